The summed E-state index contributed by atoms with van der Waals surface area (Å²) in [5.41, 5.74) is 2.44. The van der Waals surface area contributed by atoms with Crippen molar-refractivity contribution in [2.24, 2.45) is 0 Å². The lowest BCUT2D eigenvalue weighted by Crippen LogP contribution is -1.82. The van der Waals surface area contributed by atoms with Crippen molar-refractivity contribution >= 4 is 11.8 Å². The fourth-order valence-electron chi connectivity index (χ4n) is 1.56. The predicted octanol–water partition coefficient (Wildman–Crippen LogP) is 5.75. The Kier molecular flexibility index (Phi) is 7.30. The maximum absolute atomic E-state index is 5.10. The topological polar surface area (TPSA) is 9.23 Å². The average Bonchev–Trinajstić information content (AvgIpc) is 2.45. The molecule has 2 aromatic carbocycles. The van der Waals surface area contributed by atoms with Crippen LogP contribution < -0.4 is 4.74 Å². The Morgan fingerprint density at radius 3 is 2.05 bits per heavy atom. The maximum atomic E-state index is 5.10. The number of para-hydroxylation sites is 1. The normalized spacial score (nSPS) is 9.10. The minimum absolute atomic E-state index is 0.873. The molecule has 0 aliphatic rings. The van der Waals surface area contributed by atoms with Crippen LogP contribution in [-0.2, 0) is 0 Å². The van der Waals surface area contributed by atoms with Crippen LogP contribution in [0.1, 0.15) is 11.1 Å². The Morgan fingerprint density at radius 2 is 1.50 bits per heavy atom. The number of aryl methyl sites for hydroxylation is 2. The van der Waals surface area contributed by atoms with Crippen molar-refractivity contribution in [1.82, 2.24) is 0 Å². The van der Waals surface area contributed by atoms with Crippen LogP contribution in [0.15, 0.2) is 78.3 Å². The standard InChI is InChI=1S/C9H10O.C9H10S/c2*1-3-10-9-7-5-4-6-8(9)2/h2*3-7H,1H2,2H3. The summed E-state index contributed by atoms with van der Waals surface area (Å²) in [6.45, 7) is 11.2. The molecular weight excluding hydrogens is 264 g/mol. The van der Waals surface area contributed by atoms with Gasteiger partial charge in [-0.1, -0.05) is 61.3 Å². The van der Waals surface area contributed by atoms with E-state index in [0.29, 0.717) is 0 Å². The lowest BCUT2D eigenvalue weighted by Gasteiger charge is -2.01. The van der Waals surface area contributed by atoms with Crippen molar-refractivity contribution in [3.63, 3.8) is 0 Å². The van der Waals surface area contributed by atoms with Crippen LogP contribution in [0.2, 0.25) is 0 Å². The van der Waals surface area contributed by atoms with Crippen molar-refractivity contribution < 1.29 is 4.74 Å². The summed E-state index contributed by atoms with van der Waals surface area (Å²) in [5.74, 6) is 0.873. The number of benzene rings is 2. The zero-order valence-electron chi connectivity index (χ0n) is 12.0. The summed E-state index contributed by atoms with van der Waals surface area (Å²) < 4.78 is 5.10. The molecule has 0 fully saturated rings. The summed E-state index contributed by atoms with van der Waals surface area (Å²) >= 11 is 1.67. The van der Waals surface area contributed by atoms with E-state index >= 15 is 0 Å². The molecule has 0 spiro atoms. The SMILES string of the molecule is C=COc1ccccc1C.C=CSc1ccccc1C. The van der Waals surface area contributed by atoms with Crippen LogP contribution in [0.5, 0.6) is 5.75 Å². The molecule has 2 aromatic rings. The minimum Gasteiger partial charge on any atom is -0.465 e. The molecule has 0 unspecified atom stereocenters. The highest BCUT2D eigenvalue weighted by Crippen LogP contribution is 2.21. The number of hydrogen-bond acceptors (Lipinski definition) is 2. The van der Waals surface area contributed by atoms with Gasteiger partial charge in [-0.25, -0.2) is 0 Å². The van der Waals surface area contributed by atoms with Crippen molar-refractivity contribution in [2.75, 3.05) is 0 Å². The number of hydrogen-bond donors (Lipinski definition) is 0. The second-order valence-electron chi connectivity index (χ2n) is 4.10. The zero-order valence-corrected chi connectivity index (χ0v) is 12.8. The number of thioether (sulfide) groups is 1. The van der Waals surface area contributed by atoms with Gasteiger partial charge in [-0.15, -0.1) is 0 Å². The summed E-state index contributed by atoms with van der Waals surface area (Å²) in [7, 11) is 0. The molecule has 20 heavy (non-hydrogen) atoms. The smallest absolute Gasteiger partial charge is 0.129 e. The third-order valence-electron chi connectivity index (χ3n) is 2.61. The monoisotopic (exact) mass is 284 g/mol. The van der Waals surface area contributed by atoms with E-state index in [-0.39, 0.29) is 0 Å². The molecule has 0 atom stereocenters. The van der Waals surface area contributed by atoms with E-state index in [1.165, 1.54) is 16.7 Å². The van der Waals surface area contributed by atoms with Gasteiger partial charge in [0.15, 0.2) is 0 Å². The molecular formula is C18H20OS. The Morgan fingerprint density at radius 1 is 0.900 bits per heavy atom. The van der Waals surface area contributed by atoms with Crippen LogP contribution in [0.4, 0.5) is 0 Å². The molecule has 0 heterocycles. The van der Waals surface area contributed by atoms with Crippen LogP contribution in [-0.4, -0.2) is 0 Å². The predicted molar refractivity (Wildman–Crippen MR) is 89.2 cm³/mol. The highest BCUT2D eigenvalue weighted by atomic mass is 32.2. The zero-order chi connectivity index (χ0) is 14.8. The first-order valence-electron chi connectivity index (χ1n) is 6.35. The summed E-state index contributed by atoms with van der Waals surface area (Å²) in [5, 5.41) is 1.85. The Bertz CT molecular complexity index is 509. The van der Waals surface area contributed by atoms with E-state index in [0.717, 1.165) is 11.3 Å². The van der Waals surface area contributed by atoms with Gasteiger partial charge in [-0.3, -0.25) is 0 Å². The highest BCUT2D eigenvalue weighted by molar-refractivity contribution is 8.02. The van der Waals surface area contributed by atoms with Gasteiger partial charge in [-0.2, -0.15) is 0 Å². The quantitative estimate of drug-likeness (QED) is 0.522. The lowest BCUT2D eigenvalue weighted by atomic mass is 10.2. The van der Waals surface area contributed by atoms with Gasteiger partial charge >= 0.3 is 0 Å². The van der Waals surface area contributed by atoms with Gasteiger partial charge in [0.05, 0.1) is 6.26 Å². The molecule has 0 N–H and O–H groups in total. The molecule has 0 saturated carbocycles. The molecule has 0 aromatic heterocycles. The van der Waals surface area contributed by atoms with Crippen LogP contribution in [0, 0.1) is 13.8 Å². The summed E-state index contributed by atoms with van der Waals surface area (Å²) in [6.07, 6.45) is 1.43. The van der Waals surface area contributed by atoms with Crippen LogP contribution in [0.25, 0.3) is 0 Å². The first-order chi connectivity index (χ1) is 9.69. The molecule has 2 rings (SSSR count). The van der Waals surface area contributed by atoms with Crippen LogP contribution in [0.3, 0.4) is 0 Å². The van der Waals surface area contributed by atoms with Crippen molar-refractivity contribution in [3.8, 4) is 5.75 Å². The largest absolute Gasteiger partial charge is 0.465 e. The molecule has 0 aliphatic heterocycles. The molecule has 1 nitrogen and oxygen atoms in total. The Hall–Kier alpha value is -1.93. The van der Waals surface area contributed by atoms with Gasteiger partial charge in [0, 0.05) is 4.90 Å². The molecule has 0 saturated heterocycles. The molecule has 0 amide bonds. The van der Waals surface area contributed by atoms with Gasteiger partial charge in [-0.05, 0) is 42.5 Å². The fraction of sp³-hybridized carbons (Fsp3) is 0.111. The Balaban J connectivity index is 0.000000200. The van der Waals surface area contributed by atoms with E-state index in [4.69, 9.17) is 4.74 Å². The number of ether oxygens (including phenoxy) is 1. The number of rotatable bonds is 4. The third kappa shape index (κ3) is 5.37. The molecule has 2 heteroatoms. The van der Waals surface area contributed by atoms with Crippen molar-refractivity contribution in [1.29, 1.82) is 0 Å². The first-order valence-corrected chi connectivity index (χ1v) is 7.23. The fourth-order valence-corrected chi connectivity index (χ4v) is 2.15. The molecule has 0 radical (unpaired) electrons. The van der Waals surface area contributed by atoms with Gasteiger partial charge in [0.1, 0.15) is 5.75 Å². The molecule has 0 bridgehead atoms. The summed E-state index contributed by atoms with van der Waals surface area (Å²) in [6, 6.07) is 16.1. The maximum Gasteiger partial charge on any atom is 0.129 e. The van der Waals surface area contributed by atoms with E-state index in [1.807, 2.05) is 48.7 Å². The van der Waals surface area contributed by atoms with Crippen LogP contribution >= 0.6 is 11.8 Å². The van der Waals surface area contributed by atoms with E-state index in [1.54, 1.807) is 11.8 Å². The van der Waals surface area contributed by atoms with E-state index in [2.05, 4.69) is 32.2 Å². The highest BCUT2D eigenvalue weighted by Gasteiger charge is 1.92. The van der Waals surface area contributed by atoms with Gasteiger partial charge in [0.2, 0.25) is 0 Å². The van der Waals surface area contributed by atoms with Gasteiger partial charge in [0.25, 0.3) is 0 Å². The lowest BCUT2D eigenvalue weighted by molar-refractivity contribution is 0.479. The molecule has 0 aliphatic carbocycles. The second-order valence-corrected chi connectivity index (χ2v) is 5.11. The summed E-state index contributed by atoms with van der Waals surface area (Å²) in [4.78, 5) is 1.29. The second kappa shape index (κ2) is 9.05. The Labute approximate surface area is 126 Å². The molecule has 104 valence electrons. The van der Waals surface area contributed by atoms with Gasteiger partial charge < -0.3 is 4.74 Å². The van der Waals surface area contributed by atoms with Crippen molar-refractivity contribution in [2.45, 2.75) is 18.7 Å². The third-order valence-corrected chi connectivity index (χ3v) is 3.49. The first kappa shape index (κ1) is 16.1. The van der Waals surface area contributed by atoms with E-state index in [9.17, 15) is 0 Å². The van der Waals surface area contributed by atoms with Crippen molar-refractivity contribution in [3.05, 3.63) is 84.5 Å². The van der Waals surface area contributed by atoms with E-state index < -0.39 is 0 Å². The minimum atomic E-state index is 0.873. The average molecular weight is 284 g/mol.